The van der Waals surface area contributed by atoms with Crippen molar-refractivity contribution in [2.24, 2.45) is 7.05 Å². The molecule has 3 aromatic rings. The zero-order valence-corrected chi connectivity index (χ0v) is 13.5. The molecule has 4 nitrogen and oxygen atoms in total. The summed E-state index contributed by atoms with van der Waals surface area (Å²) < 4.78 is 65.8. The van der Waals surface area contributed by atoms with E-state index in [1.54, 1.807) is 12.1 Å². The fourth-order valence-corrected chi connectivity index (χ4v) is 2.38. The lowest BCUT2D eigenvalue weighted by Crippen LogP contribution is -2.06. The number of alkyl halides is 3. The molecule has 3 rings (SSSR count). The number of aryl methyl sites for hydroxylation is 1. The highest BCUT2D eigenvalue weighted by molar-refractivity contribution is 5.60. The van der Waals surface area contributed by atoms with E-state index in [2.05, 4.69) is 15.4 Å². The normalized spacial score (nSPS) is 11.6. The van der Waals surface area contributed by atoms with Crippen LogP contribution in [0.1, 0.15) is 11.3 Å². The summed E-state index contributed by atoms with van der Waals surface area (Å²) in [6.07, 6.45) is -3.13. The second-order valence-electron chi connectivity index (χ2n) is 5.56. The topological polar surface area (TPSA) is 42.7 Å². The van der Waals surface area contributed by atoms with Crippen LogP contribution in [0.15, 0.2) is 42.6 Å². The summed E-state index contributed by atoms with van der Waals surface area (Å²) in [5.74, 6) is -0.942. The molecule has 0 bridgehead atoms. The van der Waals surface area contributed by atoms with Gasteiger partial charge < -0.3 is 5.32 Å². The molecule has 9 heteroatoms. The Morgan fingerprint density at radius 1 is 1.08 bits per heavy atom. The van der Waals surface area contributed by atoms with E-state index >= 15 is 0 Å². The number of benzene rings is 1. The van der Waals surface area contributed by atoms with E-state index in [0.717, 1.165) is 22.9 Å². The first-order valence-corrected chi connectivity index (χ1v) is 7.49. The molecule has 0 atom stereocenters. The number of pyridine rings is 1. The van der Waals surface area contributed by atoms with Crippen LogP contribution in [0.3, 0.4) is 0 Å². The number of nitrogens with one attached hydrogen (secondary N) is 1. The zero-order chi connectivity index (χ0) is 18.9. The molecule has 0 radical (unpaired) electrons. The predicted molar refractivity (Wildman–Crippen MR) is 85.1 cm³/mol. The minimum absolute atomic E-state index is 0.0857. The summed E-state index contributed by atoms with van der Waals surface area (Å²) in [6.45, 7) is 0.0857. The molecule has 26 heavy (non-hydrogen) atoms. The Labute approximate surface area is 145 Å². The van der Waals surface area contributed by atoms with E-state index in [0.29, 0.717) is 11.4 Å². The van der Waals surface area contributed by atoms with Crippen LogP contribution in [-0.4, -0.2) is 14.8 Å². The van der Waals surface area contributed by atoms with Gasteiger partial charge in [-0.25, -0.2) is 13.8 Å². The van der Waals surface area contributed by atoms with Gasteiger partial charge in [0.2, 0.25) is 0 Å². The van der Waals surface area contributed by atoms with Crippen molar-refractivity contribution in [2.45, 2.75) is 12.7 Å². The third-order valence-corrected chi connectivity index (χ3v) is 3.70. The number of rotatable bonds is 4. The highest BCUT2D eigenvalue weighted by Crippen LogP contribution is 2.31. The molecule has 0 amide bonds. The molecule has 0 fully saturated rings. The Morgan fingerprint density at radius 3 is 2.42 bits per heavy atom. The SMILES string of the molecule is Cn1nc(C(F)(F)F)cc1-c1ccc(NCc2ccc(F)cc2F)nc1. The predicted octanol–water partition coefficient (Wildman–Crippen LogP) is 4.39. The molecular formula is C17H13F5N4. The summed E-state index contributed by atoms with van der Waals surface area (Å²) in [6, 6.07) is 7.33. The highest BCUT2D eigenvalue weighted by atomic mass is 19.4. The van der Waals surface area contributed by atoms with Crippen LogP contribution in [0, 0.1) is 11.6 Å². The van der Waals surface area contributed by atoms with Crippen LogP contribution in [-0.2, 0) is 19.8 Å². The van der Waals surface area contributed by atoms with E-state index in [4.69, 9.17) is 0 Å². The van der Waals surface area contributed by atoms with Gasteiger partial charge in [0.15, 0.2) is 5.69 Å². The molecule has 0 aliphatic carbocycles. The monoisotopic (exact) mass is 368 g/mol. The van der Waals surface area contributed by atoms with Gasteiger partial charge in [0.25, 0.3) is 0 Å². The molecule has 1 aromatic carbocycles. The van der Waals surface area contributed by atoms with Crippen LogP contribution in [0.5, 0.6) is 0 Å². The van der Waals surface area contributed by atoms with E-state index in [1.807, 2.05) is 0 Å². The highest BCUT2D eigenvalue weighted by Gasteiger charge is 2.34. The van der Waals surface area contributed by atoms with Crippen LogP contribution >= 0.6 is 0 Å². The molecule has 1 N–H and O–H groups in total. The second kappa shape index (κ2) is 6.74. The Morgan fingerprint density at radius 2 is 1.85 bits per heavy atom. The third kappa shape index (κ3) is 3.81. The molecule has 2 aromatic heterocycles. The average Bonchev–Trinajstić information content (AvgIpc) is 2.97. The van der Waals surface area contributed by atoms with Gasteiger partial charge in [0.1, 0.15) is 17.5 Å². The Bertz CT molecular complexity index is 916. The number of anilines is 1. The standard InChI is InChI=1S/C17H13F5N4/c1-26-14(7-15(25-26)17(20,21)22)11-3-5-16(24-9-11)23-8-10-2-4-12(18)6-13(10)19/h2-7,9H,8H2,1H3,(H,23,24). The number of hydrogen-bond acceptors (Lipinski definition) is 3. The smallest absolute Gasteiger partial charge is 0.366 e. The van der Waals surface area contributed by atoms with E-state index in [1.165, 1.54) is 19.3 Å². The molecule has 0 spiro atoms. The number of nitrogens with zero attached hydrogens (tertiary/aromatic N) is 3. The van der Waals surface area contributed by atoms with E-state index in [-0.39, 0.29) is 17.8 Å². The van der Waals surface area contributed by atoms with Crippen LogP contribution in [0.25, 0.3) is 11.3 Å². The van der Waals surface area contributed by atoms with E-state index < -0.39 is 23.5 Å². The molecule has 0 unspecified atom stereocenters. The Kier molecular flexibility index (Phi) is 4.62. The first-order chi connectivity index (χ1) is 12.2. The lowest BCUT2D eigenvalue weighted by molar-refractivity contribution is -0.141. The average molecular weight is 368 g/mol. The van der Waals surface area contributed by atoms with E-state index in [9.17, 15) is 22.0 Å². The van der Waals surface area contributed by atoms with Crippen molar-refractivity contribution in [2.75, 3.05) is 5.32 Å². The largest absolute Gasteiger partial charge is 0.435 e. The van der Waals surface area contributed by atoms with Gasteiger partial charge in [0.05, 0.1) is 5.69 Å². The maximum absolute atomic E-state index is 13.6. The molecule has 0 saturated heterocycles. The molecule has 0 aliphatic heterocycles. The van der Waals surface area contributed by atoms with Crippen LogP contribution < -0.4 is 5.32 Å². The van der Waals surface area contributed by atoms with Gasteiger partial charge in [-0.1, -0.05) is 6.07 Å². The Hall–Kier alpha value is -2.97. The summed E-state index contributed by atoms with van der Waals surface area (Å²) >= 11 is 0. The fourth-order valence-electron chi connectivity index (χ4n) is 2.38. The minimum Gasteiger partial charge on any atom is -0.366 e. The summed E-state index contributed by atoms with van der Waals surface area (Å²) in [4.78, 5) is 4.10. The van der Waals surface area contributed by atoms with Crippen LogP contribution in [0.4, 0.5) is 27.8 Å². The molecule has 136 valence electrons. The fraction of sp³-hybridized carbons (Fsp3) is 0.176. The molecule has 0 aliphatic rings. The van der Waals surface area contributed by atoms with Crippen molar-refractivity contribution >= 4 is 5.82 Å². The van der Waals surface area contributed by atoms with Crippen molar-refractivity contribution in [3.63, 3.8) is 0 Å². The summed E-state index contributed by atoms with van der Waals surface area (Å²) in [5, 5.41) is 6.32. The number of hydrogen-bond donors (Lipinski definition) is 1. The van der Waals surface area contributed by atoms with Gasteiger partial charge in [-0.2, -0.15) is 18.3 Å². The van der Waals surface area contributed by atoms with Gasteiger partial charge >= 0.3 is 6.18 Å². The van der Waals surface area contributed by atoms with Crippen molar-refractivity contribution in [1.29, 1.82) is 0 Å². The maximum Gasteiger partial charge on any atom is 0.435 e. The quantitative estimate of drug-likeness (QED) is 0.695. The van der Waals surface area contributed by atoms with Gasteiger partial charge in [0, 0.05) is 37.0 Å². The summed E-state index contributed by atoms with van der Waals surface area (Å²) in [5.41, 5.74) is -0.00214. The molecule has 0 saturated carbocycles. The third-order valence-electron chi connectivity index (χ3n) is 3.70. The van der Waals surface area contributed by atoms with Gasteiger partial charge in [-0.3, -0.25) is 4.68 Å². The van der Waals surface area contributed by atoms with Crippen molar-refractivity contribution in [3.8, 4) is 11.3 Å². The minimum atomic E-state index is -4.52. The van der Waals surface area contributed by atoms with Crippen molar-refractivity contribution < 1.29 is 22.0 Å². The molecular weight excluding hydrogens is 355 g/mol. The van der Waals surface area contributed by atoms with Crippen molar-refractivity contribution in [1.82, 2.24) is 14.8 Å². The van der Waals surface area contributed by atoms with Gasteiger partial charge in [-0.15, -0.1) is 0 Å². The molecule has 2 heterocycles. The lowest BCUT2D eigenvalue weighted by atomic mass is 10.2. The van der Waals surface area contributed by atoms with Crippen LogP contribution in [0.2, 0.25) is 0 Å². The number of aromatic nitrogens is 3. The maximum atomic E-state index is 13.6. The van der Waals surface area contributed by atoms with Gasteiger partial charge in [-0.05, 0) is 24.3 Å². The Balaban J connectivity index is 1.74. The summed E-state index contributed by atoms with van der Waals surface area (Å²) in [7, 11) is 1.41. The first-order valence-electron chi connectivity index (χ1n) is 7.49. The first kappa shape index (κ1) is 17.8. The van der Waals surface area contributed by atoms with Crippen molar-refractivity contribution in [3.05, 3.63) is 65.5 Å². The lowest BCUT2D eigenvalue weighted by Gasteiger charge is -2.08. The zero-order valence-electron chi connectivity index (χ0n) is 13.5. The second-order valence-corrected chi connectivity index (χ2v) is 5.56. The number of halogens is 5.